The van der Waals surface area contributed by atoms with Gasteiger partial charge in [-0.1, -0.05) is 102 Å². The maximum atomic E-state index is 16.1. The van der Waals surface area contributed by atoms with E-state index in [0.717, 1.165) is 89.5 Å². The number of ether oxygens (including phenoxy) is 1. The van der Waals surface area contributed by atoms with Crippen molar-refractivity contribution in [2.45, 2.75) is 162 Å². The number of halogens is 3. The molecule has 1 fully saturated rings. The number of thiazole rings is 1. The Morgan fingerprint density at radius 3 is 2.25 bits per heavy atom. The van der Waals surface area contributed by atoms with Gasteiger partial charge in [-0.3, -0.25) is 19.3 Å². The molecule has 0 aliphatic carbocycles. The van der Waals surface area contributed by atoms with Crippen molar-refractivity contribution in [2.24, 2.45) is 5.41 Å². The number of rotatable bonds is 21. The SMILES string of the molecule is Cc1ncsc1-c1ccc(CNC(=O)[C@@H]2CCCN2C(=O)[C@@H](NC(=O)CCCCCCCCCCOc2cc(F)c([C@@H]3c4[nH]c5ccccc5c4C[C@@H](C)N3CC(C)(C)F)c(F)c2)C(C)(C)C)cc1. The van der Waals surface area contributed by atoms with Gasteiger partial charge in [-0.05, 0) is 88.0 Å². The van der Waals surface area contributed by atoms with E-state index < -0.39 is 40.8 Å². The Balaban J connectivity index is 0.800. The molecule has 3 amide bonds. The minimum atomic E-state index is -1.58. The molecule has 2 aliphatic rings. The lowest BCUT2D eigenvalue weighted by Crippen LogP contribution is -2.57. The molecular formula is C55H71F3N6O4S. The molecule has 0 bridgehead atoms. The van der Waals surface area contributed by atoms with Crippen molar-refractivity contribution < 1.29 is 32.3 Å². The van der Waals surface area contributed by atoms with Gasteiger partial charge in [-0.25, -0.2) is 18.2 Å². The van der Waals surface area contributed by atoms with Crippen molar-refractivity contribution in [2.75, 3.05) is 19.7 Å². The van der Waals surface area contributed by atoms with Gasteiger partial charge in [0.15, 0.2) is 0 Å². The second-order valence-corrected chi connectivity index (χ2v) is 21.7. The van der Waals surface area contributed by atoms with Crippen LogP contribution in [0.4, 0.5) is 13.2 Å². The van der Waals surface area contributed by atoms with Gasteiger partial charge in [0.05, 0.1) is 28.7 Å². The highest BCUT2D eigenvalue weighted by molar-refractivity contribution is 7.13. The molecule has 7 rings (SSSR count). The third-order valence-electron chi connectivity index (χ3n) is 13.7. The fourth-order valence-electron chi connectivity index (χ4n) is 10.1. The summed E-state index contributed by atoms with van der Waals surface area (Å²) in [5, 5.41) is 7.07. The number of nitrogens with one attached hydrogen (secondary N) is 3. The number of fused-ring (bicyclic) bond motifs is 3. The second kappa shape index (κ2) is 22.7. The highest BCUT2D eigenvalue weighted by Crippen LogP contribution is 2.44. The van der Waals surface area contributed by atoms with E-state index >= 15 is 13.2 Å². The molecule has 4 atom stereocenters. The fourth-order valence-corrected chi connectivity index (χ4v) is 10.9. The number of aryl methyl sites for hydroxylation is 1. The van der Waals surface area contributed by atoms with E-state index in [-0.39, 0.29) is 41.6 Å². The van der Waals surface area contributed by atoms with Gasteiger partial charge >= 0.3 is 0 Å². The number of benzene rings is 3. The minimum absolute atomic E-state index is 0.0149. The molecule has 69 heavy (non-hydrogen) atoms. The number of H-pyrrole nitrogens is 1. The normalized spacial score (nSPS) is 18.1. The molecule has 10 nitrogen and oxygen atoms in total. The summed E-state index contributed by atoms with van der Waals surface area (Å²) in [6.07, 6.45) is 9.53. The van der Waals surface area contributed by atoms with Crippen LogP contribution in [-0.4, -0.2) is 81.0 Å². The Bertz CT molecular complexity index is 2520. The molecule has 0 unspecified atom stereocenters. The van der Waals surface area contributed by atoms with Crippen LogP contribution in [0.2, 0.25) is 0 Å². The summed E-state index contributed by atoms with van der Waals surface area (Å²) in [4.78, 5) is 53.0. The minimum Gasteiger partial charge on any atom is -0.493 e. The number of hydrogen-bond acceptors (Lipinski definition) is 7. The number of nitrogens with zero attached hydrogens (tertiary/aromatic N) is 3. The van der Waals surface area contributed by atoms with Gasteiger partial charge in [0.25, 0.3) is 0 Å². The highest BCUT2D eigenvalue weighted by Gasteiger charge is 2.43. The predicted molar refractivity (Wildman–Crippen MR) is 269 cm³/mol. The largest absolute Gasteiger partial charge is 0.493 e. The maximum absolute atomic E-state index is 16.1. The number of unbranched alkanes of at least 4 members (excludes halogenated alkanes) is 7. The first-order valence-electron chi connectivity index (χ1n) is 24.9. The van der Waals surface area contributed by atoms with Crippen molar-refractivity contribution in [3.05, 3.63) is 106 Å². The maximum Gasteiger partial charge on any atom is 0.246 e. The van der Waals surface area contributed by atoms with E-state index in [1.165, 1.54) is 26.0 Å². The quantitative estimate of drug-likeness (QED) is 0.0630. The zero-order chi connectivity index (χ0) is 49.5. The van der Waals surface area contributed by atoms with E-state index in [9.17, 15) is 14.4 Å². The standard InChI is InChI=1S/C55H71F3N6O4S/c1-35-29-41-40-19-15-16-20-44(40)61-48(41)49(64(35)33-55(6,7)58)47-42(56)30-39(31-43(47)57)68-28-17-13-11-9-8-10-12-14-22-46(65)62-51(54(3,4)5)53(67)63-27-18-21-45(63)52(66)59-32-37-23-25-38(26-24-37)50-36(2)60-34-69-50/h15-16,19-20,23-26,30-31,34-35,45,49,51,61H,8-14,17-18,21-22,27-29,32-33H2,1-7H3,(H,59,66)(H,62,65)/t35-,45+,49-,51-/m1/s1. The van der Waals surface area contributed by atoms with Crippen LogP contribution >= 0.6 is 11.3 Å². The number of carbonyl (C=O) groups is 3. The predicted octanol–water partition coefficient (Wildman–Crippen LogP) is 11.7. The number of aromatic nitrogens is 2. The second-order valence-electron chi connectivity index (χ2n) is 20.9. The van der Waals surface area contributed by atoms with E-state index in [1.807, 2.05) is 93.6 Å². The van der Waals surface area contributed by atoms with Crippen LogP contribution in [0, 0.1) is 24.0 Å². The molecule has 0 saturated carbocycles. The van der Waals surface area contributed by atoms with Gasteiger partial charge in [-0.15, -0.1) is 11.3 Å². The Hall–Kier alpha value is -5.21. The van der Waals surface area contributed by atoms with Crippen LogP contribution in [-0.2, 0) is 27.3 Å². The fraction of sp³-hybridized carbons (Fsp3) is 0.527. The molecule has 3 aromatic carbocycles. The van der Waals surface area contributed by atoms with E-state index in [4.69, 9.17) is 4.74 Å². The lowest BCUT2D eigenvalue weighted by Gasteiger charge is -2.43. The first kappa shape index (κ1) is 51.6. The van der Waals surface area contributed by atoms with Gasteiger partial charge in [0.2, 0.25) is 17.7 Å². The summed E-state index contributed by atoms with van der Waals surface area (Å²) in [5.41, 5.74) is 5.23. The molecule has 3 N–H and O–H groups in total. The highest BCUT2D eigenvalue weighted by atomic mass is 32.1. The average Bonchev–Trinajstić information content (AvgIpc) is 4.05. The number of amides is 3. The van der Waals surface area contributed by atoms with E-state index in [0.29, 0.717) is 51.1 Å². The molecule has 372 valence electrons. The summed E-state index contributed by atoms with van der Waals surface area (Å²) in [7, 11) is 0. The number of aromatic amines is 1. The van der Waals surface area contributed by atoms with Gasteiger partial charge < -0.3 is 25.3 Å². The Kier molecular flexibility index (Phi) is 17.0. The smallest absolute Gasteiger partial charge is 0.246 e. The molecular weight excluding hydrogens is 898 g/mol. The molecule has 14 heteroatoms. The third-order valence-corrected chi connectivity index (χ3v) is 14.6. The molecule has 4 heterocycles. The topological polar surface area (TPSA) is 120 Å². The summed E-state index contributed by atoms with van der Waals surface area (Å²) < 4.78 is 53.1. The zero-order valence-electron chi connectivity index (χ0n) is 41.5. The monoisotopic (exact) mass is 969 g/mol. The summed E-state index contributed by atoms with van der Waals surface area (Å²) in [6, 6.07) is 16.1. The van der Waals surface area contributed by atoms with Crippen molar-refractivity contribution in [3.63, 3.8) is 0 Å². The molecule has 2 aliphatic heterocycles. The lowest BCUT2D eigenvalue weighted by molar-refractivity contribution is -0.143. The number of para-hydroxylation sites is 1. The van der Waals surface area contributed by atoms with Crippen LogP contribution in [0.3, 0.4) is 0 Å². The van der Waals surface area contributed by atoms with Crippen molar-refractivity contribution in [3.8, 4) is 16.2 Å². The molecule has 0 radical (unpaired) electrons. The molecule has 1 saturated heterocycles. The first-order valence-corrected chi connectivity index (χ1v) is 25.8. The van der Waals surface area contributed by atoms with E-state index in [2.05, 4.69) is 20.6 Å². The van der Waals surface area contributed by atoms with Crippen LogP contribution in [0.25, 0.3) is 21.3 Å². The summed E-state index contributed by atoms with van der Waals surface area (Å²) >= 11 is 1.60. The average molecular weight is 969 g/mol. The van der Waals surface area contributed by atoms with Crippen LogP contribution in [0.5, 0.6) is 5.75 Å². The van der Waals surface area contributed by atoms with Crippen molar-refractivity contribution in [1.82, 2.24) is 30.4 Å². The number of alkyl halides is 1. The number of carbonyl (C=O) groups excluding carboxylic acids is 3. The van der Waals surface area contributed by atoms with Crippen LogP contribution in [0.1, 0.15) is 146 Å². The van der Waals surface area contributed by atoms with Crippen LogP contribution in [0.15, 0.2) is 66.2 Å². The Labute approximate surface area is 410 Å². The third kappa shape index (κ3) is 13.0. The summed E-state index contributed by atoms with van der Waals surface area (Å²) in [5.74, 6) is -1.87. The number of likely N-dealkylation sites (tertiary alicyclic amines) is 1. The van der Waals surface area contributed by atoms with Gasteiger partial charge in [0, 0.05) is 66.4 Å². The van der Waals surface area contributed by atoms with E-state index in [1.54, 1.807) is 16.2 Å². The van der Waals surface area contributed by atoms with Gasteiger partial charge in [0.1, 0.15) is 35.1 Å². The number of hydrogen-bond donors (Lipinski definition) is 3. The Morgan fingerprint density at radius 2 is 1.59 bits per heavy atom. The molecule has 0 spiro atoms. The zero-order valence-corrected chi connectivity index (χ0v) is 42.3. The van der Waals surface area contributed by atoms with Crippen LogP contribution < -0.4 is 15.4 Å². The molecule has 5 aromatic rings. The van der Waals surface area contributed by atoms with Crippen molar-refractivity contribution in [1.29, 1.82) is 0 Å². The lowest BCUT2D eigenvalue weighted by atomic mass is 9.85. The first-order chi connectivity index (χ1) is 32.9. The summed E-state index contributed by atoms with van der Waals surface area (Å²) in [6.45, 7) is 13.9. The molecule has 2 aromatic heterocycles. The van der Waals surface area contributed by atoms with Crippen molar-refractivity contribution >= 4 is 40.0 Å². The Morgan fingerprint density at radius 1 is 0.928 bits per heavy atom. The van der Waals surface area contributed by atoms with Gasteiger partial charge in [-0.2, -0.15) is 0 Å².